The molecule has 1 amide bonds. The Morgan fingerprint density at radius 2 is 0.733 bits per heavy atom. The fourth-order valence-electron chi connectivity index (χ4n) is 11.5. The number of hydrogen-bond donors (Lipinski definition) is 6. The molecule has 9 heteroatoms. The summed E-state index contributed by atoms with van der Waals surface area (Å²) in [6.45, 7) is 3.69. The van der Waals surface area contributed by atoms with Crippen LogP contribution in [0.1, 0.15) is 341 Å². The van der Waals surface area contributed by atoms with Gasteiger partial charge in [-0.3, -0.25) is 4.79 Å². The normalized spacial score (nSPS) is 18.5. The molecule has 0 aromatic carbocycles. The molecule has 6 N–H and O–H groups in total. The van der Waals surface area contributed by atoms with Gasteiger partial charge in [0.2, 0.25) is 5.91 Å². The highest BCUT2D eigenvalue weighted by Gasteiger charge is 2.44. The number of rotatable bonds is 64. The van der Waals surface area contributed by atoms with Gasteiger partial charge >= 0.3 is 0 Å². The fourth-order valence-corrected chi connectivity index (χ4v) is 11.5. The van der Waals surface area contributed by atoms with E-state index in [0.717, 1.165) is 70.6 Å². The number of unbranched alkanes of at least 4 members (excludes halogenated alkanes) is 42. The summed E-state index contributed by atoms with van der Waals surface area (Å²) in [5.74, 6) is -0.183. The van der Waals surface area contributed by atoms with Crippen LogP contribution < -0.4 is 5.32 Å². The third kappa shape index (κ3) is 53.2. The second kappa shape index (κ2) is 65.3. The van der Waals surface area contributed by atoms with Gasteiger partial charge in [-0.1, -0.05) is 343 Å². The Hall–Kier alpha value is -2.63. The van der Waals surface area contributed by atoms with E-state index in [4.69, 9.17) is 9.47 Å². The highest BCUT2D eigenvalue weighted by molar-refractivity contribution is 5.76. The van der Waals surface area contributed by atoms with Crippen LogP contribution in [-0.4, -0.2) is 87.5 Å². The average Bonchev–Trinajstić information content (AvgIpc) is 3.65. The minimum absolute atomic E-state index is 0.183. The lowest BCUT2D eigenvalue weighted by molar-refractivity contribution is -0.302. The SMILES string of the molecule is CC/C=C\C/C=C\C/C=C\C/C=C\C/C=C\CCCCCCCCCCCCCCCCCCCCCC(=O)NC(COC1OC(CO)C(O)C(O)C1O)C(O)/C=C/CC/C=C/CCCCCCCCCCCCCCCCCCCCCCCC. The van der Waals surface area contributed by atoms with Crippen molar-refractivity contribution in [3.63, 3.8) is 0 Å². The van der Waals surface area contributed by atoms with Gasteiger partial charge in [-0.15, -0.1) is 0 Å². The van der Waals surface area contributed by atoms with Crippen molar-refractivity contribution >= 4 is 5.91 Å². The standard InChI is InChI=1S/C77H139NO8/c1-3-5-7-9-11-13-15-17-19-21-23-25-27-29-31-33-34-35-36-37-38-39-41-43-45-47-49-51-53-55-57-59-61-63-65-67-73(81)78-70(69-85-77-76(84)75(83)74(82)72(68-79)86-77)71(80)66-64-62-60-58-56-54-52-50-48-46-44-42-40-32-30-28-26-24-22-20-18-16-14-12-10-8-6-4-2/h5,7,11,13,17,19,23,25,29,31,56,58,64,66,70-72,74-77,79-80,82-84H,3-4,6,8-10,12,14-16,18,20-22,24,26-28,30,32-55,57,59-63,65,67-69H2,1-2H3,(H,78,81)/b7-5-,13-11-,19-17-,25-23-,31-29-,58-56+,66-64+. The summed E-state index contributed by atoms with van der Waals surface area (Å²) < 4.78 is 11.3. The number of aliphatic hydroxyl groups is 5. The van der Waals surface area contributed by atoms with E-state index in [0.29, 0.717) is 6.42 Å². The first-order chi connectivity index (χ1) is 42.3. The van der Waals surface area contributed by atoms with Crippen molar-refractivity contribution in [2.75, 3.05) is 13.2 Å². The van der Waals surface area contributed by atoms with Crippen molar-refractivity contribution in [2.45, 2.75) is 384 Å². The molecule has 0 radical (unpaired) electrons. The molecule has 1 fully saturated rings. The van der Waals surface area contributed by atoms with Crippen LogP contribution in [0.25, 0.3) is 0 Å². The van der Waals surface area contributed by atoms with E-state index in [1.165, 1.54) is 250 Å². The monoisotopic (exact) mass is 1210 g/mol. The van der Waals surface area contributed by atoms with E-state index in [2.05, 4.69) is 92.1 Å². The van der Waals surface area contributed by atoms with E-state index < -0.39 is 49.5 Å². The molecule has 7 atom stereocenters. The molecule has 0 aliphatic carbocycles. The first-order valence-electron chi connectivity index (χ1n) is 36.8. The number of ether oxygens (including phenoxy) is 2. The molecule has 7 unspecified atom stereocenters. The maximum absolute atomic E-state index is 13.1. The summed E-state index contributed by atoms with van der Waals surface area (Å²) in [7, 11) is 0. The molecule has 0 bridgehead atoms. The summed E-state index contributed by atoms with van der Waals surface area (Å²) >= 11 is 0. The van der Waals surface area contributed by atoms with Gasteiger partial charge in [0.25, 0.3) is 0 Å². The smallest absolute Gasteiger partial charge is 0.220 e. The molecular weight excluding hydrogens is 1070 g/mol. The lowest BCUT2D eigenvalue weighted by atomic mass is 9.99. The third-order valence-corrected chi connectivity index (χ3v) is 17.2. The Morgan fingerprint density at radius 1 is 0.407 bits per heavy atom. The van der Waals surface area contributed by atoms with Crippen molar-refractivity contribution < 1.29 is 39.8 Å². The van der Waals surface area contributed by atoms with Gasteiger partial charge in [-0.25, -0.2) is 0 Å². The van der Waals surface area contributed by atoms with E-state index in [1.807, 2.05) is 6.08 Å². The molecule has 1 saturated heterocycles. The maximum atomic E-state index is 13.1. The van der Waals surface area contributed by atoms with Crippen LogP contribution in [0.2, 0.25) is 0 Å². The fraction of sp³-hybridized carbons (Fsp3) is 0.805. The second-order valence-electron chi connectivity index (χ2n) is 25.3. The molecule has 1 aliphatic rings. The van der Waals surface area contributed by atoms with E-state index in [9.17, 15) is 30.3 Å². The summed E-state index contributed by atoms with van der Waals surface area (Å²) in [4.78, 5) is 13.1. The van der Waals surface area contributed by atoms with E-state index in [1.54, 1.807) is 6.08 Å². The van der Waals surface area contributed by atoms with Crippen LogP contribution in [0, 0.1) is 0 Å². The molecule has 0 aromatic heterocycles. The number of carbonyl (C=O) groups is 1. The maximum Gasteiger partial charge on any atom is 0.220 e. The lowest BCUT2D eigenvalue weighted by Crippen LogP contribution is -2.60. The van der Waals surface area contributed by atoms with Gasteiger partial charge in [0.05, 0.1) is 25.4 Å². The van der Waals surface area contributed by atoms with Crippen LogP contribution in [0.4, 0.5) is 0 Å². The van der Waals surface area contributed by atoms with Crippen LogP contribution in [-0.2, 0) is 14.3 Å². The predicted octanol–water partition coefficient (Wildman–Crippen LogP) is 20.5. The Labute approximate surface area is 531 Å². The highest BCUT2D eigenvalue weighted by Crippen LogP contribution is 2.23. The largest absolute Gasteiger partial charge is 0.394 e. The van der Waals surface area contributed by atoms with Crippen LogP contribution in [0.3, 0.4) is 0 Å². The van der Waals surface area contributed by atoms with E-state index in [-0.39, 0.29) is 12.5 Å². The number of amides is 1. The highest BCUT2D eigenvalue weighted by atomic mass is 16.7. The molecule has 0 saturated carbocycles. The molecule has 1 heterocycles. The van der Waals surface area contributed by atoms with Gasteiger partial charge < -0.3 is 40.3 Å². The molecule has 1 rings (SSSR count). The minimum Gasteiger partial charge on any atom is -0.394 e. The predicted molar refractivity (Wildman–Crippen MR) is 368 cm³/mol. The van der Waals surface area contributed by atoms with Crippen molar-refractivity contribution in [3.8, 4) is 0 Å². The number of hydrogen-bond acceptors (Lipinski definition) is 8. The Morgan fingerprint density at radius 3 is 1.12 bits per heavy atom. The zero-order valence-electron chi connectivity index (χ0n) is 56.1. The topological polar surface area (TPSA) is 149 Å². The molecular formula is C77H139NO8. The first kappa shape index (κ1) is 81.4. The van der Waals surface area contributed by atoms with Crippen molar-refractivity contribution in [1.82, 2.24) is 5.32 Å². The van der Waals surface area contributed by atoms with Crippen LogP contribution >= 0.6 is 0 Å². The van der Waals surface area contributed by atoms with Gasteiger partial charge in [0.15, 0.2) is 6.29 Å². The lowest BCUT2D eigenvalue weighted by Gasteiger charge is -2.40. The summed E-state index contributed by atoms with van der Waals surface area (Å²) in [6, 6.07) is -0.826. The van der Waals surface area contributed by atoms with Gasteiger partial charge in [-0.2, -0.15) is 0 Å². The van der Waals surface area contributed by atoms with Crippen LogP contribution in [0.15, 0.2) is 85.1 Å². The summed E-state index contributed by atoms with van der Waals surface area (Å²) in [5.41, 5.74) is 0. The van der Waals surface area contributed by atoms with Crippen molar-refractivity contribution in [3.05, 3.63) is 85.1 Å². The molecule has 9 nitrogen and oxygen atoms in total. The second-order valence-corrected chi connectivity index (χ2v) is 25.3. The number of allylic oxidation sites excluding steroid dienone is 13. The van der Waals surface area contributed by atoms with Gasteiger partial charge in [0.1, 0.15) is 24.4 Å². The average molecular weight is 1210 g/mol. The van der Waals surface area contributed by atoms with Crippen molar-refractivity contribution in [1.29, 1.82) is 0 Å². The van der Waals surface area contributed by atoms with Gasteiger partial charge in [-0.05, 0) is 77.0 Å². The molecule has 1 aliphatic heterocycles. The first-order valence-corrected chi connectivity index (χ1v) is 36.8. The number of nitrogens with one attached hydrogen (secondary N) is 1. The van der Waals surface area contributed by atoms with Crippen LogP contribution in [0.5, 0.6) is 0 Å². The Kier molecular flexibility index (Phi) is 61.8. The quantitative estimate of drug-likeness (QED) is 0.0261. The van der Waals surface area contributed by atoms with Crippen molar-refractivity contribution in [2.24, 2.45) is 0 Å². The molecule has 500 valence electrons. The zero-order chi connectivity index (χ0) is 62.1. The molecule has 0 spiro atoms. The summed E-state index contributed by atoms with van der Waals surface area (Å²) in [6.07, 6.45) is 87.1. The zero-order valence-corrected chi connectivity index (χ0v) is 56.1. The van der Waals surface area contributed by atoms with E-state index >= 15 is 0 Å². The Balaban J connectivity index is 2.12. The summed E-state index contributed by atoms with van der Waals surface area (Å²) in [5, 5.41) is 54.8. The Bertz CT molecular complexity index is 1640. The minimum atomic E-state index is -1.58. The molecule has 86 heavy (non-hydrogen) atoms. The third-order valence-electron chi connectivity index (χ3n) is 17.2. The van der Waals surface area contributed by atoms with Gasteiger partial charge in [0, 0.05) is 6.42 Å². The number of carbonyl (C=O) groups excluding carboxylic acids is 1. The number of aliphatic hydroxyl groups excluding tert-OH is 5. The molecule has 0 aromatic rings.